The molecule has 0 atom stereocenters. The van der Waals surface area contributed by atoms with Crippen LogP contribution >= 0.6 is 0 Å². The summed E-state index contributed by atoms with van der Waals surface area (Å²) in [5.41, 5.74) is 1.30. The van der Waals surface area contributed by atoms with Crippen LogP contribution in [-0.2, 0) is 0 Å². The minimum atomic E-state index is -0.255. The van der Waals surface area contributed by atoms with Gasteiger partial charge in [0.1, 0.15) is 0 Å². The van der Waals surface area contributed by atoms with Crippen molar-refractivity contribution in [3.05, 3.63) is 65.1 Å². The van der Waals surface area contributed by atoms with Crippen molar-refractivity contribution in [3.63, 3.8) is 0 Å². The van der Waals surface area contributed by atoms with Crippen LogP contribution in [0, 0.1) is 0 Å². The number of aromatic nitrogens is 2. The number of hydrogen-bond acceptors (Lipinski definition) is 2. The van der Waals surface area contributed by atoms with Crippen molar-refractivity contribution in [1.82, 2.24) is 9.46 Å². The molecule has 1 aromatic heterocycles. The van der Waals surface area contributed by atoms with Gasteiger partial charge < -0.3 is 0 Å². The third-order valence-corrected chi connectivity index (χ3v) is 2.66. The molecule has 0 bridgehead atoms. The second-order valence-corrected chi connectivity index (χ2v) is 3.79. The summed E-state index contributed by atoms with van der Waals surface area (Å²) in [6, 6.07) is 17.1. The Balaban J connectivity index is 2.31. The Morgan fingerprint density at radius 2 is 1.65 bits per heavy atom. The molecule has 0 amide bonds. The maximum atomic E-state index is 11.9. The predicted molar refractivity (Wildman–Crippen MR) is 68.7 cm³/mol. The summed E-state index contributed by atoms with van der Waals surface area (Å²) in [5.74, 6) is 0. The molecule has 0 saturated carbocycles. The van der Waals surface area contributed by atoms with Gasteiger partial charge in [-0.1, -0.05) is 0 Å². The molecule has 3 nitrogen and oxygen atoms in total. The Hall–Kier alpha value is -2.23. The van der Waals surface area contributed by atoms with Crippen LogP contribution in [0.2, 0.25) is 0 Å². The monoisotopic (exact) mass is 220 g/mol. The van der Waals surface area contributed by atoms with E-state index in [0.29, 0.717) is 0 Å². The number of fused-ring (bicyclic) bond motifs is 1. The molecule has 0 aliphatic carbocycles. The number of nitrogens with zero attached hydrogens (tertiary/aromatic N) is 2. The number of benzene rings is 2. The molecule has 80 valence electrons. The molecule has 0 radical (unpaired) electrons. The summed E-state index contributed by atoms with van der Waals surface area (Å²) in [6.45, 7) is 0. The average Bonchev–Trinajstić information content (AvgIpc) is 2.39. The second-order valence-electron chi connectivity index (χ2n) is 3.79. The molecule has 0 aliphatic heterocycles. The van der Waals surface area contributed by atoms with Gasteiger partial charge in [-0.25, -0.2) is 0 Å². The van der Waals surface area contributed by atoms with Gasteiger partial charge in [-0.3, -0.25) is 0 Å². The van der Waals surface area contributed by atoms with Crippen LogP contribution in [0.15, 0.2) is 59.4 Å². The fraction of sp³-hybridized carbons (Fsp3) is 0. The van der Waals surface area contributed by atoms with Crippen molar-refractivity contribution >= 4 is 17.9 Å². The van der Waals surface area contributed by atoms with Crippen molar-refractivity contribution in [2.24, 2.45) is 0 Å². The van der Waals surface area contributed by atoms with E-state index in [2.05, 4.69) is 4.98 Å². The van der Waals surface area contributed by atoms with E-state index in [-0.39, 0.29) is 5.69 Å². The number of rotatable bonds is 1. The van der Waals surface area contributed by atoms with E-state index in [1.54, 1.807) is 4.47 Å². The first-order chi connectivity index (χ1) is 8.34. The van der Waals surface area contributed by atoms with Crippen LogP contribution in [0.4, 0.5) is 0 Å². The zero-order chi connectivity index (χ0) is 11.7. The Kier molecular flexibility index (Phi) is 2.33. The molecule has 3 aromatic rings. The van der Waals surface area contributed by atoms with Crippen molar-refractivity contribution in [2.45, 2.75) is 0 Å². The molecule has 2 aromatic carbocycles. The molecule has 0 spiro atoms. The Bertz CT molecular complexity index is 722. The molecule has 3 rings (SSSR count). The molecular formula is C13H9BN2O. The summed E-state index contributed by atoms with van der Waals surface area (Å²) in [6.07, 6.45) is 0. The van der Waals surface area contributed by atoms with Crippen LogP contribution in [0.1, 0.15) is 0 Å². The standard InChI is InChI=1S/C13H9BN2O/c17-13-15-12-9-5-4-8-11(12)14-16(13)10-6-2-1-3-7-10/h1-9H. The predicted octanol–water partition coefficient (Wildman–Crippen LogP) is 1.72. The first kappa shape index (κ1) is 9.96. The summed E-state index contributed by atoms with van der Waals surface area (Å²) in [5, 5.41) is 0.955. The van der Waals surface area contributed by atoms with E-state index < -0.39 is 0 Å². The minimum absolute atomic E-state index is 0.255. The van der Waals surface area contributed by atoms with Gasteiger partial charge in [-0.2, -0.15) is 0 Å². The van der Waals surface area contributed by atoms with Gasteiger partial charge in [0.2, 0.25) is 0 Å². The summed E-state index contributed by atoms with van der Waals surface area (Å²) >= 11 is 0. The fourth-order valence-corrected chi connectivity index (χ4v) is 1.82. The van der Waals surface area contributed by atoms with E-state index in [1.165, 1.54) is 0 Å². The Morgan fingerprint density at radius 3 is 2.47 bits per heavy atom. The third-order valence-electron chi connectivity index (χ3n) is 2.66. The Morgan fingerprint density at radius 1 is 0.941 bits per heavy atom. The molecule has 0 saturated heterocycles. The van der Waals surface area contributed by atoms with Crippen molar-refractivity contribution < 1.29 is 0 Å². The van der Waals surface area contributed by atoms with Gasteiger partial charge >= 0.3 is 98.1 Å². The van der Waals surface area contributed by atoms with Gasteiger partial charge in [0.15, 0.2) is 0 Å². The molecule has 0 aliphatic rings. The molecule has 0 fully saturated rings. The van der Waals surface area contributed by atoms with Gasteiger partial charge in [0, 0.05) is 0 Å². The van der Waals surface area contributed by atoms with Crippen LogP contribution in [0.25, 0.3) is 16.5 Å². The van der Waals surface area contributed by atoms with Gasteiger partial charge in [-0.15, -0.1) is 0 Å². The fourth-order valence-electron chi connectivity index (χ4n) is 1.82. The van der Waals surface area contributed by atoms with E-state index in [0.717, 1.165) is 16.5 Å². The van der Waals surface area contributed by atoms with Crippen molar-refractivity contribution in [2.75, 3.05) is 0 Å². The SMILES string of the molecule is O=c1nc2ccccc2bn1-c1ccccc1. The van der Waals surface area contributed by atoms with Gasteiger partial charge in [-0.05, 0) is 0 Å². The first-order valence-electron chi connectivity index (χ1n) is 5.38. The van der Waals surface area contributed by atoms with Gasteiger partial charge in [0.05, 0.1) is 0 Å². The molecule has 0 N–H and O–H groups in total. The molecular weight excluding hydrogens is 211 g/mol. The topological polar surface area (TPSA) is 34.9 Å². The molecule has 1 heterocycles. The normalized spacial score (nSPS) is 10.4. The third kappa shape index (κ3) is 1.78. The zero-order valence-electron chi connectivity index (χ0n) is 9.08. The first-order valence-corrected chi connectivity index (χ1v) is 5.38. The molecule has 17 heavy (non-hydrogen) atoms. The summed E-state index contributed by atoms with van der Waals surface area (Å²) in [7, 11) is 1.82. The number of para-hydroxylation sites is 2. The quantitative estimate of drug-likeness (QED) is 0.625. The van der Waals surface area contributed by atoms with Gasteiger partial charge in [0.25, 0.3) is 0 Å². The summed E-state index contributed by atoms with van der Waals surface area (Å²) in [4.78, 5) is 15.9. The second kappa shape index (κ2) is 3.98. The van der Waals surface area contributed by atoms with E-state index >= 15 is 0 Å². The number of hydrogen-bond donors (Lipinski definition) is 0. The maximum absolute atomic E-state index is 11.9. The molecule has 4 heteroatoms. The van der Waals surface area contributed by atoms with Crippen LogP contribution in [0.3, 0.4) is 0 Å². The average molecular weight is 220 g/mol. The van der Waals surface area contributed by atoms with E-state index in [1.807, 2.05) is 61.6 Å². The van der Waals surface area contributed by atoms with E-state index in [4.69, 9.17) is 0 Å². The Labute approximate surface area is 98.6 Å². The zero-order valence-corrected chi connectivity index (χ0v) is 9.08. The van der Waals surface area contributed by atoms with Crippen LogP contribution < -0.4 is 5.69 Å². The molecule has 0 unspecified atom stereocenters. The van der Waals surface area contributed by atoms with Crippen molar-refractivity contribution in [1.29, 1.82) is 0 Å². The summed E-state index contributed by atoms with van der Waals surface area (Å²) < 4.78 is 1.56. The van der Waals surface area contributed by atoms with Crippen molar-refractivity contribution in [3.8, 4) is 5.69 Å². The van der Waals surface area contributed by atoms with Crippen LogP contribution in [-0.4, -0.2) is 16.5 Å². The van der Waals surface area contributed by atoms with Crippen LogP contribution in [0.5, 0.6) is 0 Å². The van der Waals surface area contributed by atoms with E-state index in [9.17, 15) is 4.79 Å².